The summed E-state index contributed by atoms with van der Waals surface area (Å²) in [6.45, 7) is 2.03. The maximum absolute atomic E-state index is 12.0. The van der Waals surface area contributed by atoms with Gasteiger partial charge in [0.15, 0.2) is 0 Å². The average molecular weight is 243 g/mol. The van der Waals surface area contributed by atoms with Gasteiger partial charge < -0.3 is 15.2 Å². The second-order valence-corrected chi connectivity index (χ2v) is 4.83. The number of nitrogens with zero attached hydrogens (tertiary/aromatic N) is 1. The molecule has 18 heavy (non-hydrogen) atoms. The average Bonchev–Trinajstić information content (AvgIpc) is 2.91. The molecular weight excluding hydrogens is 226 g/mol. The zero-order valence-corrected chi connectivity index (χ0v) is 10.4. The number of likely N-dealkylation sites (N-methyl/N-ethyl adjacent to an activating group) is 1. The largest absolute Gasteiger partial charge is 0.357 e. The lowest BCUT2D eigenvalue weighted by Gasteiger charge is -2.25. The number of nitrogens with one attached hydrogen (secondary N) is 2. The van der Waals surface area contributed by atoms with Crippen LogP contribution in [-0.2, 0) is 0 Å². The first-order valence-corrected chi connectivity index (χ1v) is 6.31. The number of pyridine rings is 1. The number of aromatic nitrogens is 1. The van der Waals surface area contributed by atoms with Gasteiger partial charge in [0.1, 0.15) is 5.82 Å². The van der Waals surface area contributed by atoms with Crippen LogP contribution in [0.1, 0.15) is 6.42 Å². The van der Waals surface area contributed by atoms with Gasteiger partial charge in [-0.3, -0.25) is 4.79 Å². The first-order valence-electron chi connectivity index (χ1n) is 6.31. The minimum Gasteiger partial charge on any atom is -0.357 e. The van der Waals surface area contributed by atoms with Crippen molar-refractivity contribution in [1.29, 1.82) is 0 Å². The highest BCUT2D eigenvalue weighted by atomic mass is 16.1. The Labute approximate surface area is 106 Å². The number of H-pyrrole nitrogens is 1. The molecule has 3 rings (SSSR count). The zero-order valence-electron chi connectivity index (χ0n) is 10.4. The van der Waals surface area contributed by atoms with E-state index in [1.54, 1.807) is 0 Å². The van der Waals surface area contributed by atoms with E-state index in [1.807, 2.05) is 31.3 Å². The Morgan fingerprint density at radius 1 is 1.33 bits per heavy atom. The molecule has 1 saturated heterocycles. The van der Waals surface area contributed by atoms with Gasteiger partial charge in [-0.1, -0.05) is 18.2 Å². The zero-order chi connectivity index (χ0) is 12.5. The Bertz CT molecular complexity index is 614. The third kappa shape index (κ3) is 1.88. The van der Waals surface area contributed by atoms with Gasteiger partial charge in [0.25, 0.3) is 5.56 Å². The van der Waals surface area contributed by atoms with Crippen LogP contribution in [0.25, 0.3) is 10.8 Å². The van der Waals surface area contributed by atoms with Crippen molar-refractivity contribution in [1.82, 2.24) is 10.3 Å². The van der Waals surface area contributed by atoms with E-state index in [-0.39, 0.29) is 5.56 Å². The number of rotatable bonds is 2. The summed E-state index contributed by atoms with van der Waals surface area (Å²) >= 11 is 0. The molecule has 2 aromatic rings. The number of aromatic amines is 1. The van der Waals surface area contributed by atoms with Gasteiger partial charge in [-0.2, -0.15) is 0 Å². The fraction of sp³-hybridized carbons (Fsp3) is 0.357. The molecule has 1 fully saturated rings. The van der Waals surface area contributed by atoms with E-state index in [2.05, 4.69) is 21.3 Å². The molecule has 0 saturated carbocycles. The highest BCUT2D eigenvalue weighted by Crippen LogP contribution is 2.18. The van der Waals surface area contributed by atoms with Gasteiger partial charge >= 0.3 is 0 Å². The number of hydrogen-bond donors (Lipinski definition) is 2. The first-order chi connectivity index (χ1) is 8.75. The van der Waals surface area contributed by atoms with Crippen LogP contribution in [0.2, 0.25) is 0 Å². The first kappa shape index (κ1) is 11.3. The molecule has 0 aliphatic carbocycles. The van der Waals surface area contributed by atoms with Crippen LogP contribution in [0, 0.1) is 0 Å². The predicted octanol–water partition coefficient (Wildman–Crippen LogP) is 1.33. The maximum Gasteiger partial charge on any atom is 0.257 e. The summed E-state index contributed by atoms with van der Waals surface area (Å²) in [6, 6.07) is 10.2. The molecule has 94 valence electrons. The monoisotopic (exact) mass is 243 g/mol. The highest BCUT2D eigenvalue weighted by Gasteiger charge is 2.20. The van der Waals surface area contributed by atoms with E-state index in [1.165, 1.54) is 0 Å². The lowest BCUT2D eigenvalue weighted by molar-refractivity contribution is 0.677. The molecular formula is C14H17N3O. The van der Waals surface area contributed by atoms with Gasteiger partial charge in [-0.25, -0.2) is 0 Å². The quantitative estimate of drug-likeness (QED) is 0.836. The fourth-order valence-corrected chi connectivity index (χ4v) is 2.55. The molecule has 0 amide bonds. The van der Waals surface area contributed by atoms with E-state index in [4.69, 9.17) is 0 Å². The molecule has 1 aliphatic rings. The van der Waals surface area contributed by atoms with Crippen LogP contribution in [0.15, 0.2) is 35.1 Å². The summed E-state index contributed by atoms with van der Waals surface area (Å²) in [5.74, 6) is 0.896. The van der Waals surface area contributed by atoms with Crippen molar-refractivity contribution < 1.29 is 0 Å². The second kappa shape index (κ2) is 4.46. The van der Waals surface area contributed by atoms with Crippen LogP contribution in [-0.4, -0.2) is 31.2 Å². The lowest BCUT2D eigenvalue weighted by atomic mass is 10.1. The number of hydrogen-bond acceptors (Lipinski definition) is 3. The van der Waals surface area contributed by atoms with Crippen molar-refractivity contribution >= 4 is 16.6 Å². The van der Waals surface area contributed by atoms with Crippen LogP contribution in [0.5, 0.6) is 0 Å². The Morgan fingerprint density at radius 3 is 2.94 bits per heavy atom. The Hall–Kier alpha value is -1.81. The molecule has 2 heterocycles. The summed E-state index contributed by atoms with van der Waals surface area (Å²) in [4.78, 5) is 17.2. The van der Waals surface area contributed by atoms with Crippen molar-refractivity contribution in [3.8, 4) is 0 Å². The third-order valence-electron chi connectivity index (χ3n) is 3.70. The molecule has 4 heteroatoms. The standard InChI is InChI=1S/C14H17N3O/c1-17(11-6-7-15-9-11)13-8-10-4-2-3-5-12(10)14(18)16-13/h2-5,8,11,15H,6-7,9H2,1H3,(H,16,18). The summed E-state index contributed by atoms with van der Waals surface area (Å²) < 4.78 is 0. The molecule has 0 spiro atoms. The molecule has 4 nitrogen and oxygen atoms in total. The van der Waals surface area contributed by atoms with E-state index in [0.29, 0.717) is 6.04 Å². The predicted molar refractivity (Wildman–Crippen MR) is 74.2 cm³/mol. The van der Waals surface area contributed by atoms with Crippen molar-refractivity contribution in [3.05, 3.63) is 40.7 Å². The van der Waals surface area contributed by atoms with E-state index >= 15 is 0 Å². The molecule has 1 aliphatic heterocycles. The van der Waals surface area contributed by atoms with Crippen molar-refractivity contribution in [2.45, 2.75) is 12.5 Å². The van der Waals surface area contributed by atoms with Crippen LogP contribution in [0.4, 0.5) is 5.82 Å². The molecule has 1 atom stereocenters. The highest BCUT2D eigenvalue weighted by molar-refractivity contribution is 5.83. The van der Waals surface area contributed by atoms with Crippen molar-refractivity contribution in [2.75, 3.05) is 25.0 Å². The lowest BCUT2D eigenvalue weighted by Crippen LogP contribution is -2.34. The van der Waals surface area contributed by atoms with Gasteiger partial charge in [-0.05, 0) is 30.5 Å². The van der Waals surface area contributed by atoms with Gasteiger partial charge in [0.2, 0.25) is 0 Å². The minimum absolute atomic E-state index is 0.0130. The molecule has 0 bridgehead atoms. The molecule has 1 aromatic carbocycles. The maximum atomic E-state index is 12.0. The molecule has 0 radical (unpaired) electrons. The summed E-state index contributed by atoms with van der Waals surface area (Å²) in [6.07, 6.45) is 1.12. The van der Waals surface area contributed by atoms with Crippen LogP contribution >= 0.6 is 0 Å². The van der Waals surface area contributed by atoms with Crippen molar-refractivity contribution in [3.63, 3.8) is 0 Å². The topological polar surface area (TPSA) is 48.1 Å². The van der Waals surface area contributed by atoms with Crippen LogP contribution < -0.4 is 15.8 Å². The fourth-order valence-electron chi connectivity index (χ4n) is 2.55. The summed E-state index contributed by atoms with van der Waals surface area (Å²) in [5, 5.41) is 5.08. The second-order valence-electron chi connectivity index (χ2n) is 4.83. The third-order valence-corrected chi connectivity index (χ3v) is 3.70. The van der Waals surface area contributed by atoms with Gasteiger partial charge in [0, 0.05) is 25.0 Å². The van der Waals surface area contributed by atoms with E-state index in [9.17, 15) is 4.79 Å². The Kier molecular flexibility index (Phi) is 2.80. The Balaban J connectivity index is 2.04. The smallest absolute Gasteiger partial charge is 0.257 e. The summed E-state index contributed by atoms with van der Waals surface area (Å²) in [5.41, 5.74) is -0.0130. The van der Waals surface area contributed by atoms with Crippen LogP contribution in [0.3, 0.4) is 0 Å². The SMILES string of the molecule is CN(c1cc2ccccc2c(=O)[nH]1)C1CCNC1. The number of benzene rings is 1. The van der Waals surface area contributed by atoms with Crippen molar-refractivity contribution in [2.24, 2.45) is 0 Å². The number of fused-ring (bicyclic) bond motifs is 1. The van der Waals surface area contributed by atoms with E-state index in [0.717, 1.165) is 36.1 Å². The minimum atomic E-state index is -0.0130. The normalized spacial score (nSPS) is 19.3. The van der Waals surface area contributed by atoms with Gasteiger partial charge in [0.05, 0.1) is 0 Å². The molecule has 2 N–H and O–H groups in total. The summed E-state index contributed by atoms with van der Waals surface area (Å²) in [7, 11) is 2.04. The Morgan fingerprint density at radius 2 is 2.17 bits per heavy atom. The molecule has 1 aromatic heterocycles. The number of anilines is 1. The molecule has 1 unspecified atom stereocenters. The van der Waals surface area contributed by atoms with E-state index < -0.39 is 0 Å². The van der Waals surface area contributed by atoms with Gasteiger partial charge in [-0.15, -0.1) is 0 Å².